The number of halogens is 1. The van der Waals surface area contributed by atoms with Crippen LogP contribution in [-0.2, 0) is 16.6 Å². The average Bonchev–Trinajstić information content (AvgIpc) is 2.91. The minimum Gasteiger partial charge on any atom is -0.389 e. The molecule has 1 heterocycles. The molecule has 0 aliphatic carbocycles. The van der Waals surface area contributed by atoms with E-state index in [1.807, 2.05) is 0 Å². The van der Waals surface area contributed by atoms with Crippen LogP contribution in [0.2, 0.25) is 5.02 Å². The number of thiocarbonyl (C=S) groups is 1. The molecule has 0 amide bonds. The Morgan fingerprint density at radius 3 is 2.81 bits per heavy atom. The molecule has 0 saturated carbocycles. The number of nitrogens with two attached hydrogens (primary N) is 1. The summed E-state index contributed by atoms with van der Waals surface area (Å²) in [5.41, 5.74) is 5.93. The zero-order valence-corrected chi connectivity index (χ0v) is 13.2. The van der Waals surface area contributed by atoms with E-state index < -0.39 is 10.0 Å². The van der Waals surface area contributed by atoms with Crippen LogP contribution in [0.3, 0.4) is 0 Å². The van der Waals surface area contributed by atoms with Gasteiger partial charge in [-0.2, -0.15) is 0 Å². The molecule has 2 aromatic rings. The quantitative estimate of drug-likeness (QED) is 0.767. The summed E-state index contributed by atoms with van der Waals surface area (Å²) in [6.07, 6.45) is 4.99. The summed E-state index contributed by atoms with van der Waals surface area (Å²) in [5.74, 6) is 0. The lowest BCUT2D eigenvalue weighted by Gasteiger charge is -2.09. The first-order valence-electron chi connectivity index (χ1n) is 5.95. The number of benzene rings is 1. The SMILES string of the molecule is NC(=S)c1ccc(S(=O)(=O)NCCn2ccnc2)cc1Cl. The molecule has 0 saturated heterocycles. The number of rotatable bonds is 6. The summed E-state index contributed by atoms with van der Waals surface area (Å²) < 4.78 is 28.5. The molecule has 6 nitrogen and oxygen atoms in total. The Bertz CT molecular complexity index is 745. The third-order valence-corrected chi connectivity index (χ3v) is 4.73. The molecule has 1 aromatic carbocycles. The molecule has 0 fully saturated rings. The van der Waals surface area contributed by atoms with Gasteiger partial charge in [-0.15, -0.1) is 0 Å². The maximum atomic E-state index is 12.1. The van der Waals surface area contributed by atoms with Gasteiger partial charge in [0, 0.05) is 31.0 Å². The van der Waals surface area contributed by atoms with Gasteiger partial charge in [0.15, 0.2) is 0 Å². The summed E-state index contributed by atoms with van der Waals surface area (Å²) in [6.45, 7) is 0.727. The zero-order valence-electron chi connectivity index (χ0n) is 10.9. The van der Waals surface area contributed by atoms with Gasteiger partial charge in [-0.1, -0.05) is 23.8 Å². The lowest BCUT2D eigenvalue weighted by molar-refractivity contribution is 0.573. The van der Waals surface area contributed by atoms with E-state index in [2.05, 4.69) is 9.71 Å². The molecule has 112 valence electrons. The van der Waals surface area contributed by atoms with Crippen LogP contribution in [0.15, 0.2) is 41.8 Å². The van der Waals surface area contributed by atoms with E-state index in [1.54, 1.807) is 23.3 Å². The maximum absolute atomic E-state index is 12.1. The number of aromatic nitrogens is 2. The van der Waals surface area contributed by atoms with Gasteiger partial charge in [0.2, 0.25) is 10.0 Å². The van der Waals surface area contributed by atoms with Crippen molar-refractivity contribution >= 4 is 38.8 Å². The van der Waals surface area contributed by atoms with Crippen molar-refractivity contribution in [1.29, 1.82) is 0 Å². The van der Waals surface area contributed by atoms with Crippen LogP contribution in [0, 0.1) is 0 Å². The van der Waals surface area contributed by atoms with E-state index in [1.165, 1.54) is 18.2 Å². The Kier molecular flexibility index (Phi) is 4.94. The van der Waals surface area contributed by atoms with Gasteiger partial charge in [0.1, 0.15) is 4.99 Å². The molecular formula is C12H13ClN4O2S2. The Morgan fingerprint density at radius 2 is 2.24 bits per heavy atom. The second-order valence-corrected chi connectivity index (χ2v) is 6.82. The first-order chi connectivity index (χ1) is 9.90. The molecule has 21 heavy (non-hydrogen) atoms. The van der Waals surface area contributed by atoms with E-state index in [0.717, 1.165) is 0 Å². The first-order valence-corrected chi connectivity index (χ1v) is 8.22. The predicted molar refractivity (Wildman–Crippen MR) is 84.8 cm³/mol. The molecular weight excluding hydrogens is 332 g/mol. The highest BCUT2D eigenvalue weighted by Gasteiger charge is 2.15. The van der Waals surface area contributed by atoms with Gasteiger partial charge in [-0.05, 0) is 18.2 Å². The molecule has 9 heteroatoms. The fourth-order valence-electron chi connectivity index (χ4n) is 1.67. The van der Waals surface area contributed by atoms with E-state index in [0.29, 0.717) is 12.1 Å². The Morgan fingerprint density at radius 1 is 1.48 bits per heavy atom. The monoisotopic (exact) mass is 344 g/mol. The van der Waals surface area contributed by atoms with Crippen LogP contribution < -0.4 is 10.5 Å². The van der Waals surface area contributed by atoms with E-state index in [4.69, 9.17) is 29.6 Å². The molecule has 0 radical (unpaired) electrons. The van der Waals surface area contributed by atoms with Crippen molar-refractivity contribution < 1.29 is 8.42 Å². The van der Waals surface area contributed by atoms with E-state index in [9.17, 15) is 8.42 Å². The third-order valence-electron chi connectivity index (χ3n) is 2.74. The average molecular weight is 345 g/mol. The largest absolute Gasteiger partial charge is 0.389 e. The molecule has 3 N–H and O–H groups in total. The van der Waals surface area contributed by atoms with Gasteiger partial charge < -0.3 is 10.3 Å². The van der Waals surface area contributed by atoms with Crippen molar-refractivity contribution in [2.45, 2.75) is 11.4 Å². The molecule has 1 aromatic heterocycles. The topological polar surface area (TPSA) is 90.0 Å². The zero-order chi connectivity index (χ0) is 15.5. The normalized spacial score (nSPS) is 11.5. The summed E-state index contributed by atoms with van der Waals surface area (Å²) in [7, 11) is -3.63. The van der Waals surface area contributed by atoms with Crippen molar-refractivity contribution in [3.8, 4) is 0 Å². The Balaban J connectivity index is 2.08. The number of nitrogens with zero attached hydrogens (tertiary/aromatic N) is 2. The smallest absolute Gasteiger partial charge is 0.240 e. The van der Waals surface area contributed by atoms with Crippen LogP contribution >= 0.6 is 23.8 Å². The second-order valence-electron chi connectivity index (χ2n) is 4.20. The molecule has 0 bridgehead atoms. The summed E-state index contributed by atoms with van der Waals surface area (Å²) in [6, 6.07) is 4.24. The number of imidazole rings is 1. The molecule has 0 unspecified atom stereocenters. The highest BCUT2D eigenvalue weighted by Crippen LogP contribution is 2.20. The summed E-state index contributed by atoms with van der Waals surface area (Å²) >= 11 is 10.8. The van der Waals surface area contributed by atoms with Gasteiger partial charge in [-0.3, -0.25) is 0 Å². The summed E-state index contributed by atoms with van der Waals surface area (Å²) in [5, 5.41) is 0.208. The number of nitrogens with one attached hydrogen (secondary N) is 1. The van der Waals surface area contributed by atoms with Crippen LogP contribution in [0.5, 0.6) is 0 Å². The van der Waals surface area contributed by atoms with Gasteiger partial charge in [-0.25, -0.2) is 18.1 Å². The van der Waals surface area contributed by atoms with E-state index >= 15 is 0 Å². The van der Waals surface area contributed by atoms with E-state index in [-0.39, 0.29) is 21.5 Å². The lowest BCUT2D eigenvalue weighted by Crippen LogP contribution is -2.27. The summed E-state index contributed by atoms with van der Waals surface area (Å²) in [4.78, 5) is 4.07. The van der Waals surface area contributed by atoms with Crippen molar-refractivity contribution in [1.82, 2.24) is 14.3 Å². The third kappa shape index (κ3) is 4.01. The Hall–Kier alpha value is -1.48. The van der Waals surface area contributed by atoms with Gasteiger partial charge >= 0.3 is 0 Å². The molecule has 0 atom stereocenters. The number of hydrogen-bond acceptors (Lipinski definition) is 4. The maximum Gasteiger partial charge on any atom is 0.240 e. The fraction of sp³-hybridized carbons (Fsp3) is 0.167. The van der Waals surface area contributed by atoms with Gasteiger partial charge in [0.05, 0.1) is 16.2 Å². The predicted octanol–water partition coefficient (Wildman–Crippen LogP) is 1.15. The molecule has 0 aliphatic rings. The minimum atomic E-state index is -3.63. The highest BCUT2D eigenvalue weighted by molar-refractivity contribution is 7.89. The molecule has 0 aliphatic heterocycles. The molecule has 2 rings (SSSR count). The molecule has 0 spiro atoms. The van der Waals surface area contributed by atoms with Crippen LogP contribution in [0.4, 0.5) is 0 Å². The van der Waals surface area contributed by atoms with Crippen LogP contribution in [0.25, 0.3) is 0 Å². The van der Waals surface area contributed by atoms with Crippen molar-refractivity contribution in [2.75, 3.05) is 6.54 Å². The standard InChI is InChI=1S/C12H13ClN4O2S2/c13-11-7-9(1-2-10(11)12(14)20)21(18,19)16-4-6-17-5-3-15-8-17/h1-3,5,7-8,16H,4,6H2,(H2,14,20). The van der Waals surface area contributed by atoms with Crippen LogP contribution in [0.1, 0.15) is 5.56 Å². The fourth-order valence-corrected chi connectivity index (χ4v) is 3.30. The second kappa shape index (κ2) is 6.52. The van der Waals surface area contributed by atoms with Crippen molar-refractivity contribution in [3.05, 3.63) is 47.5 Å². The van der Waals surface area contributed by atoms with Crippen LogP contribution in [-0.4, -0.2) is 29.5 Å². The minimum absolute atomic E-state index is 0.0677. The number of hydrogen-bond donors (Lipinski definition) is 2. The Labute approximate surface area is 133 Å². The first kappa shape index (κ1) is 15.9. The number of sulfonamides is 1. The van der Waals surface area contributed by atoms with Crippen molar-refractivity contribution in [2.24, 2.45) is 5.73 Å². The highest BCUT2D eigenvalue weighted by atomic mass is 35.5. The van der Waals surface area contributed by atoms with Crippen molar-refractivity contribution in [3.63, 3.8) is 0 Å². The van der Waals surface area contributed by atoms with Gasteiger partial charge in [0.25, 0.3) is 0 Å². The lowest BCUT2D eigenvalue weighted by atomic mass is 10.2.